The lowest BCUT2D eigenvalue weighted by Crippen LogP contribution is -2.18. The summed E-state index contributed by atoms with van der Waals surface area (Å²) in [6.07, 6.45) is 3.29. The first-order valence-corrected chi connectivity index (χ1v) is 8.44. The first-order valence-electron chi connectivity index (χ1n) is 7.65. The van der Waals surface area contributed by atoms with Gasteiger partial charge in [-0.05, 0) is 58.4 Å². The largest absolute Gasteiger partial charge is 0.478 e. The number of carbonyl (C=O) groups is 2. The Morgan fingerprint density at radius 3 is 2.65 bits per heavy atom. The van der Waals surface area contributed by atoms with Gasteiger partial charge in [0.2, 0.25) is 0 Å². The molecule has 3 aromatic rings. The molecule has 0 fully saturated rings. The Morgan fingerprint density at radius 2 is 1.88 bits per heavy atom. The zero-order valence-electron chi connectivity index (χ0n) is 13.5. The van der Waals surface area contributed by atoms with Gasteiger partial charge in [-0.2, -0.15) is 5.10 Å². The topological polar surface area (TPSA) is 83.7 Å². The number of aromatic carboxylic acids is 1. The van der Waals surface area contributed by atoms with Crippen molar-refractivity contribution in [3.63, 3.8) is 0 Å². The molecule has 0 radical (unpaired) electrons. The Labute approximate surface area is 157 Å². The Kier molecular flexibility index (Phi) is 5.28. The molecule has 7 heteroatoms. The number of aromatic nitrogens is 1. The van der Waals surface area contributed by atoms with E-state index in [2.05, 4.69) is 26.5 Å². The van der Waals surface area contributed by atoms with E-state index in [1.165, 1.54) is 12.3 Å². The van der Waals surface area contributed by atoms with Gasteiger partial charge in [-0.3, -0.25) is 4.79 Å². The summed E-state index contributed by atoms with van der Waals surface area (Å²) in [6, 6.07) is 17.2. The van der Waals surface area contributed by atoms with Crippen molar-refractivity contribution in [1.82, 2.24) is 9.99 Å². The van der Waals surface area contributed by atoms with Gasteiger partial charge in [-0.25, -0.2) is 10.2 Å². The lowest BCUT2D eigenvalue weighted by atomic mass is 10.2. The molecule has 6 nitrogen and oxygen atoms in total. The summed E-state index contributed by atoms with van der Waals surface area (Å²) >= 11 is 3.32. The van der Waals surface area contributed by atoms with Crippen LogP contribution in [0.1, 0.15) is 26.4 Å². The van der Waals surface area contributed by atoms with Crippen LogP contribution in [0.2, 0.25) is 0 Å². The van der Waals surface area contributed by atoms with Crippen LogP contribution in [0.15, 0.2) is 76.4 Å². The van der Waals surface area contributed by atoms with Crippen LogP contribution in [0, 0.1) is 0 Å². The van der Waals surface area contributed by atoms with Crippen molar-refractivity contribution in [3.8, 4) is 5.69 Å². The summed E-state index contributed by atoms with van der Waals surface area (Å²) < 4.78 is 2.46. The predicted octanol–water partition coefficient (Wildman–Crippen LogP) is 3.70. The standard InChI is InChI=1S/C19H14BrN3O3/c20-17-9-2-1-8-16(17)18(24)22-21-12-15-7-4-10-23(15)14-6-3-5-13(11-14)19(25)26/h1-12H,(H,22,24)(H,25,26)/b21-12-. The van der Waals surface area contributed by atoms with Gasteiger partial charge >= 0.3 is 5.97 Å². The van der Waals surface area contributed by atoms with Gasteiger partial charge in [-0.1, -0.05) is 18.2 Å². The number of nitrogens with one attached hydrogen (secondary N) is 1. The SMILES string of the molecule is O=C(O)c1cccc(-n2cccc2/C=N\NC(=O)c2ccccc2Br)c1. The van der Waals surface area contributed by atoms with Crippen LogP contribution < -0.4 is 5.43 Å². The molecule has 26 heavy (non-hydrogen) atoms. The van der Waals surface area contributed by atoms with Crippen LogP contribution in [0.3, 0.4) is 0 Å². The number of benzene rings is 2. The molecule has 0 spiro atoms. The van der Waals surface area contributed by atoms with Crippen molar-refractivity contribution in [3.05, 3.63) is 88.2 Å². The number of rotatable bonds is 5. The Balaban J connectivity index is 1.78. The third-order valence-corrected chi connectivity index (χ3v) is 4.32. The number of halogens is 1. The molecular weight excluding hydrogens is 398 g/mol. The van der Waals surface area contributed by atoms with Gasteiger partial charge in [-0.15, -0.1) is 0 Å². The lowest BCUT2D eigenvalue weighted by molar-refractivity contribution is 0.0696. The van der Waals surface area contributed by atoms with Crippen molar-refractivity contribution in [2.24, 2.45) is 5.10 Å². The first-order chi connectivity index (χ1) is 12.6. The Hall–Kier alpha value is -3.19. The third-order valence-electron chi connectivity index (χ3n) is 3.63. The number of hydrogen-bond donors (Lipinski definition) is 2. The maximum absolute atomic E-state index is 12.1. The highest BCUT2D eigenvalue weighted by Gasteiger charge is 2.08. The second kappa shape index (κ2) is 7.79. The summed E-state index contributed by atoms with van der Waals surface area (Å²) in [7, 11) is 0. The third kappa shape index (κ3) is 3.89. The molecule has 1 amide bonds. The normalized spacial score (nSPS) is 10.8. The molecule has 0 aliphatic carbocycles. The summed E-state index contributed by atoms with van der Waals surface area (Å²) in [5, 5.41) is 13.1. The number of amides is 1. The average molecular weight is 412 g/mol. The number of carbonyl (C=O) groups excluding carboxylic acids is 1. The second-order valence-electron chi connectivity index (χ2n) is 5.34. The van der Waals surface area contributed by atoms with E-state index in [-0.39, 0.29) is 11.5 Å². The molecule has 0 bridgehead atoms. The minimum absolute atomic E-state index is 0.196. The Bertz CT molecular complexity index is 995. The number of nitrogens with zero attached hydrogens (tertiary/aromatic N) is 2. The van der Waals surface area contributed by atoms with Crippen LogP contribution in [0.25, 0.3) is 5.69 Å². The minimum atomic E-state index is -0.991. The summed E-state index contributed by atoms with van der Waals surface area (Å²) in [6.45, 7) is 0. The number of carboxylic acid groups (broad SMARTS) is 1. The van der Waals surface area contributed by atoms with E-state index in [9.17, 15) is 9.59 Å². The zero-order chi connectivity index (χ0) is 18.5. The van der Waals surface area contributed by atoms with Gasteiger partial charge < -0.3 is 9.67 Å². The number of carboxylic acids is 1. The van der Waals surface area contributed by atoms with E-state index in [1.54, 1.807) is 47.2 Å². The fourth-order valence-electron chi connectivity index (χ4n) is 2.39. The molecule has 0 atom stereocenters. The highest BCUT2D eigenvalue weighted by molar-refractivity contribution is 9.10. The molecule has 3 rings (SSSR count). The average Bonchev–Trinajstić information content (AvgIpc) is 3.10. The van der Waals surface area contributed by atoms with Crippen molar-refractivity contribution in [2.45, 2.75) is 0 Å². The fraction of sp³-hybridized carbons (Fsp3) is 0. The smallest absolute Gasteiger partial charge is 0.335 e. The minimum Gasteiger partial charge on any atom is -0.478 e. The van der Waals surface area contributed by atoms with Crippen molar-refractivity contribution < 1.29 is 14.7 Å². The highest BCUT2D eigenvalue weighted by Crippen LogP contribution is 2.16. The fourth-order valence-corrected chi connectivity index (χ4v) is 2.85. The van der Waals surface area contributed by atoms with E-state index < -0.39 is 5.97 Å². The Morgan fingerprint density at radius 1 is 1.08 bits per heavy atom. The van der Waals surface area contributed by atoms with Crippen molar-refractivity contribution >= 4 is 34.0 Å². The molecule has 1 heterocycles. The second-order valence-corrected chi connectivity index (χ2v) is 6.19. The maximum Gasteiger partial charge on any atom is 0.335 e. The molecule has 1 aromatic heterocycles. The van der Waals surface area contributed by atoms with Crippen molar-refractivity contribution in [2.75, 3.05) is 0 Å². The quantitative estimate of drug-likeness (QED) is 0.495. The van der Waals surface area contributed by atoms with Gasteiger partial charge in [0.25, 0.3) is 5.91 Å². The lowest BCUT2D eigenvalue weighted by Gasteiger charge is -2.07. The van der Waals surface area contributed by atoms with E-state index in [4.69, 9.17) is 5.11 Å². The number of hydrogen-bond acceptors (Lipinski definition) is 3. The summed E-state index contributed by atoms with van der Waals surface area (Å²) in [5.74, 6) is -1.32. The summed E-state index contributed by atoms with van der Waals surface area (Å²) in [5.41, 5.74) is 4.54. The van der Waals surface area contributed by atoms with Crippen LogP contribution in [0.5, 0.6) is 0 Å². The summed E-state index contributed by atoms with van der Waals surface area (Å²) in [4.78, 5) is 23.3. The van der Waals surface area contributed by atoms with E-state index >= 15 is 0 Å². The van der Waals surface area contributed by atoms with E-state index in [0.717, 1.165) is 0 Å². The zero-order valence-corrected chi connectivity index (χ0v) is 15.1. The molecule has 0 aliphatic rings. The predicted molar refractivity (Wildman–Crippen MR) is 102 cm³/mol. The highest BCUT2D eigenvalue weighted by atomic mass is 79.9. The van der Waals surface area contributed by atoms with E-state index in [1.807, 2.05) is 18.2 Å². The van der Waals surface area contributed by atoms with Gasteiger partial charge in [0.15, 0.2) is 0 Å². The first kappa shape index (κ1) is 17.6. The van der Waals surface area contributed by atoms with Gasteiger partial charge in [0.05, 0.1) is 23.0 Å². The maximum atomic E-state index is 12.1. The molecule has 0 unspecified atom stereocenters. The molecule has 0 aliphatic heterocycles. The van der Waals surface area contributed by atoms with Crippen LogP contribution in [0.4, 0.5) is 0 Å². The molecule has 0 saturated carbocycles. The van der Waals surface area contributed by atoms with Gasteiger partial charge in [0, 0.05) is 16.4 Å². The van der Waals surface area contributed by atoms with Crippen molar-refractivity contribution in [1.29, 1.82) is 0 Å². The van der Waals surface area contributed by atoms with E-state index in [0.29, 0.717) is 21.4 Å². The molecule has 2 N–H and O–H groups in total. The molecular formula is C19H14BrN3O3. The molecule has 130 valence electrons. The molecule has 0 saturated heterocycles. The van der Waals surface area contributed by atoms with Crippen LogP contribution in [-0.2, 0) is 0 Å². The monoisotopic (exact) mass is 411 g/mol. The van der Waals surface area contributed by atoms with Gasteiger partial charge in [0.1, 0.15) is 0 Å². The molecule has 2 aromatic carbocycles. The van der Waals surface area contributed by atoms with Crippen LogP contribution in [-0.4, -0.2) is 27.8 Å². The number of hydrazone groups is 1. The van der Waals surface area contributed by atoms with Crippen LogP contribution >= 0.6 is 15.9 Å².